The maximum atomic E-state index is 12.2. The van der Waals surface area contributed by atoms with Gasteiger partial charge in [-0.2, -0.15) is 0 Å². The highest BCUT2D eigenvalue weighted by molar-refractivity contribution is 7.98. The number of hydrazine groups is 1. The van der Waals surface area contributed by atoms with Gasteiger partial charge < -0.3 is 5.32 Å². The summed E-state index contributed by atoms with van der Waals surface area (Å²) in [4.78, 5) is 25.2. The van der Waals surface area contributed by atoms with E-state index in [1.165, 1.54) is 5.56 Å². The van der Waals surface area contributed by atoms with Crippen molar-refractivity contribution in [1.29, 1.82) is 0 Å². The van der Waals surface area contributed by atoms with Crippen LogP contribution in [0.2, 0.25) is 0 Å². The molecule has 132 valence electrons. The number of carbonyl (C=O) groups excluding carboxylic acids is 2. The summed E-state index contributed by atoms with van der Waals surface area (Å²) in [6, 6.07) is 11.6. The molecule has 0 aliphatic carbocycles. The van der Waals surface area contributed by atoms with Crippen LogP contribution in [0.4, 0.5) is 5.69 Å². The molecular weight excluding hydrogens is 334 g/mol. The van der Waals surface area contributed by atoms with Crippen LogP contribution in [-0.2, 0) is 4.79 Å². The van der Waals surface area contributed by atoms with Crippen molar-refractivity contribution in [2.45, 2.75) is 25.7 Å². The largest absolute Gasteiger partial charge is 0.376 e. The molecule has 0 saturated carbocycles. The summed E-state index contributed by atoms with van der Waals surface area (Å²) in [5.41, 5.74) is 9.45. The van der Waals surface area contributed by atoms with Gasteiger partial charge in [0, 0.05) is 16.1 Å². The molecule has 5 nitrogen and oxygen atoms in total. The second-order valence-electron chi connectivity index (χ2n) is 5.86. The van der Waals surface area contributed by atoms with E-state index in [-0.39, 0.29) is 18.4 Å². The topological polar surface area (TPSA) is 70.2 Å². The maximum Gasteiger partial charge on any atom is 0.269 e. The quantitative estimate of drug-likeness (QED) is 0.568. The molecule has 0 fully saturated rings. The number of aryl methyl sites for hydroxylation is 3. The first-order valence-electron chi connectivity index (χ1n) is 7.95. The Morgan fingerprint density at radius 2 is 1.72 bits per heavy atom. The molecule has 0 aromatic heterocycles. The van der Waals surface area contributed by atoms with E-state index in [0.29, 0.717) is 5.56 Å². The Labute approximate surface area is 152 Å². The van der Waals surface area contributed by atoms with Crippen LogP contribution in [0, 0.1) is 20.8 Å². The minimum Gasteiger partial charge on any atom is -0.376 e. The van der Waals surface area contributed by atoms with Gasteiger partial charge in [-0.3, -0.25) is 20.4 Å². The van der Waals surface area contributed by atoms with Gasteiger partial charge in [-0.25, -0.2) is 0 Å². The van der Waals surface area contributed by atoms with Crippen molar-refractivity contribution in [2.75, 3.05) is 18.1 Å². The smallest absolute Gasteiger partial charge is 0.269 e. The van der Waals surface area contributed by atoms with Crippen LogP contribution in [0.15, 0.2) is 41.3 Å². The molecule has 0 atom stereocenters. The van der Waals surface area contributed by atoms with Gasteiger partial charge in [0.15, 0.2) is 0 Å². The second kappa shape index (κ2) is 8.58. The predicted octanol–water partition coefficient (Wildman–Crippen LogP) is 3.21. The van der Waals surface area contributed by atoms with Crippen LogP contribution in [0.25, 0.3) is 0 Å². The maximum absolute atomic E-state index is 12.2. The van der Waals surface area contributed by atoms with Crippen LogP contribution < -0.4 is 16.2 Å². The second-order valence-corrected chi connectivity index (χ2v) is 6.73. The molecule has 3 N–H and O–H groups in total. The molecule has 0 spiro atoms. The standard InChI is InChI=1S/C19H23N3O2S/c1-12-5-8-17(14(3)9-12)20-11-18(23)21-22-19(24)16-10-15(25-4)7-6-13(16)2/h5-10,20H,11H2,1-4H3,(H,21,23)(H,22,24). The lowest BCUT2D eigenvalue weighted by Crippen LogP contribution is -2.44. The molecule has 0 aliphatic heterocycles. The van der Waals surface area contributed by atoms with Gasteiger partial charge in [0.05, 0.1) is 6.54 Å². The van der Waals surface area contributed by atoms with Crippen molar-refractivity contribution in [1.82, 2.24) is 10.9 Å². The van der Waals surface area contributed by atoms with Gasteiger partial charge in [0.2, 0.25) is 0 Å². The molecule has 0 radical (unpaired) electrons. The van der Waals surface area contributed by atoms with E-state index >= 15 is 0 Å². The van der Waals surface area contributed by atoms with Crippen LogP contribution in [-0.4, -0.2) is 24.6 Å². The van der Waals surface area contributed by atoms with Crippen molar-refractivity contribution >= 4 is 29.3 Å². The van der Waals surface area contributed by atoms with E-state index < -0.39 is 0 Å². The molecule has 2 amide bonds. The highest BCUT2D eigenvalue weighted by Gasteiger charge is 2.11. The summed E-state index contributed by atoms with van der Waals surface area (Å²) in [5, 5.41) is 3.07. The lowest BCUT2D eigenvalue weighted by atomic mass is 10.1. The molecule has 0 heterocycles. The first kappa shape index (κ1) is 18.9. The van der Waals surface area contributed by atoms with Crippen molar-refractivity contribution < 1.29 is 9.59 Å². The van der Waals surface area contributed by atoms with Crippen LogP contribution >= 0.6 is 11.8 Å². The normalized spacial score (nSPS) is 10.2. The highest BCUT2D eigenvalue weighted by atomic mass is 32.2. The van der Waals surface area contributed by atoms with Crippen LogP contribution in [0.1, 0.15) is 27.0 Å². The Bertz CT molecular complexity index is 790. The van der Waals surface area contributed by atoms with Gasteiger partial charge >= 0.3 is 0 Å². The van der Waals surface area contributed by atoms with Gasteiger partial charge in [-0.15, -0.1) is 11.8 Å². The molecule has 0 aliphatic rings. The number of nitrogens with one attached hydrogen (secondary N) is 3. The van der Waals surface area contributed by atoms with E-state index in [1.807, 2.05) is 63.4 Å². The number of thioether (sulfide) groups is 1. The fraction of sp³-hybridized carbons (Fsp3) is 0.263. The van der Waals surface area contributed by atoms with Gasteiger partial charge in [0.1, 0.15) is 0 Å². The average Bonchev–Trinajstić information content (AvgIpc) is 2.59. The summed E-state index contributed by atoms with van der Waals surface area (Å²) in [7, 11) is 0. The van der Waals surface area contributed by atoms with E-state index in [9.17, 15) is 9.59 Å². The predicted molar refractivity (Wildman–Crippen MR) is 103 cm³/mol. The SMILES string of the molecule is CSc1ccc(C)c(C(=O)NNC(=O)CNc2ccc(C)cc2C)c1. The summed E-state index contributed by atoms with van der Waals surface area (Å²) >= 11 is 1.56. The Morgan fingerprint density at radius 3 is 2.40 bits per heavy atom. The molecule has 0 saturated heterocycles. The average molecular weight is 357 g/mol. The fourth-order valence-electron chi connectivity index (χ4n) is 2.40. The third kappa shape index (κ3) is 5.26. The lowest BCUT2D eigenvalue weighted by Gasteiger charge is -2.12. The number of amides is 2. The zero-order valence-corrected chi connectivity index (χ0v) is 15.7. The third-order valence-corrected chi connectivity index (χ3v) is 4.55. The van der Waals surface area contributed by atoms with E-state index in [0.717, 1.165) is 21.7 Å². The third-order valence-electron chi connectivity index (χ3n) is 3.83. The molecular formula is C19H23N3O2S. The highest BCUT2D eigenvalue weighted by Crippen LogP contribution is 2.19. The van der Waals surface area contributed by atoms with Crippen molar-refractivity contribution in [3.63, 3.8) is 0 Å². The Morgan fingerprint density at radius 1 is 0.960 bits per heavy atom. The minimum absolute atomic E-state index is 0.0774. The van der Waals surface area contributed by atoms with Gasteiger partial charge in [-0.1, -0.05) is 23.8 Å². The van der Waals surface area contributed by atoms with Gasteiger partial charge in [-0.05, 0) is 56.4 Å². The van der Waals surface area contributed by atoms with E-state index in [1.54, 1.807) is 11.8 Å². The van der Waals surface area contributed by atoms with Crippen molar-refractivity contribution in [2.24, 2.45) is 0 Å². The summed E-state index contributed by atoms with van der Waals surface area (Å²) in [6.07, 6.45) is 1.95. The number of carbonyl (C=O) groups is 2. The zero-order valence-electron chi connectivity index (χ0n) is 14.9. The molecule has 6 heteroatoms. The molecule has 2 rings (SSSR count). The first-order valence-corrected chi connectivity index (χ1v) is 9.18. The minimum atomic E-state index is -0.326. The van der Waals surface area contributed by atoms with Crippen molar-refractivity contribution in [3.8, 4) is 0 Å². The van der Waals surface area contributed by atoms with Crippen molar-refractivity contribution in [3.05, 3.63) is 58.7 Å². The van der Waals surface area contributed by atoms with Crippen LogP contribution in [0.5, 0.6) is 0 Å². The Hall–Kier alpha value is -2.47. The monoisotopic (exact) mass is 357 g/mol. The summed E-state index contributed by atoms with van der Waals surface area (Å²) < 4.78 is 0. The number of rotatable bonds is 5. The molecule has 2 aromatic rings. The Balaban J connectivity index is 1.88. The molecule has 2 aromatic carbocycles. The molecule has 25 heavy (non-hydrogen) atoms. The summed E-state index contributed by atoms with van der Waals surface area (Å²) in [5.74, 6) is -0.639. The zero-order chi connectivity index (χ0) is 18.4. The molecule has 0 bridgehead atoms. The Kier molecular flexibility index (Phi) is 6.47. The number of hydrogen-bond donors (Lipinski definition) is 3. The summed E-state index contributed by atoms with van der Waals surface area (Å²) in [6.45, 7) is 5.94. The number of hydrogen-bond acceptors (Lipinski definition) is 4. The van der Waals surface area contributed by atoms with E-state index in [2.05, 4.69) is 16.2 Å². The van der Waals surface area contributed by atoms with Crippen LogP contribution in [0.3, 0.4) is 0 Å². The number of benzene rings is 2. The first-order chi connectivity index (χ1) is 11.9. The van der Waals surface area contributed by atoms with Gasteiger partial charge in [0.25, 0.3) is 11.8 Å². The number of anilines is 1. The fourth-order valence-corrected chi connectivity index (χ4v) is 2.84. The lowest BCUT2D eigenvalue weighted by molar-refractivity contribution is -0.120. The molecule has 0 unspecified atom stereocenters. The van der Waals surface area contributed by atoms with E-state index in [4.69, 9.17) is 0 Å².